The number of halogens is 2. The SMILES string of the molecule is CC(=O)N1CCCc2cc(S(=O)(=O)NCC(c3c(F)cccc3Cl)N3CCCC3)ccc21. The first kappa shape index (κ1) is 23.2. The second-order valence-electron chi connectivity index (χ2n) is 8.31. The van der Waals surface area contributed by atoms with E-state index in [0.29, 0.717) is 23.6 Å². The van der Waals surface area contributed by atoms with Crippen LogP contribution in [0.5, 0.6) is 0 Å². The molecule has 6 nitrogen and oxygen atoms in total. The summed E-state index contributed by atoms with van der Waals surface area (Å²) in [5.41, 5.74) is 1.92. The first-order valence-electron chi connectivity index (χ1n) is 10.9. The van der Waals surface area contributed by atoms with Gasteiger partial charge in [0.2, 0.25) is 15.9 Å². The zero-order valence-corrected chi connectivity index (χ0v) is 19.6. The number of fused-ring (bicyclic) bond motifs is 1. The molecule has 32 heavy (non-hydrogen) atoms. The van der Waals surface area contributed by atoms with Crippen molar-refractivity contribution in [3.63, 3.8) is 0 Å². The van der Waals surface area contributed by atoms with Gasteiger partial charge in [-0.2, -0.15) is 0 Å². The lowest BCUT2D eigenvalue weighted by Crippen LogP contribution is -2.37. The molecule has 0 aromatic heterocycles. The number of hydrogen-bond acceptors (Lipinski definition) is 4. The molecule has 2 aliphatic heterocycles. The highest BCUT2D eigenvalue weighted by atomic mass is 35.5. The Hall–Kier alpha value is -2.00. The van der Waals surface area contributed by atoms with Crippen LogP contribution in [0, 0.1) is 5.82 Å². The lowest BCUT2D eigenvalue weighted by atomic mass is 10.0. The maximum Gasteiger partial charge on any atom is 0.240 e. The highest BCUT2D eigenvalue weighted by Gasteiger charge is 2.30. The molecule has 0 radical (unpaired) electrons. The van der Waals surface area contributed by atoms with Crippen molar-refractivity contribution in [1.82, 2.24) is 9.62 Å². The van der Waals surface area contributed by atoms with Gasteiger partial charge >= 0.3 is 0 Å². The molecule has 2 heterocycles. The fourth-order valence-corrected chi connectivity index (χ4v) is 6.01. The molecule has 1 N–H and O–H groups in total. The van der Waals surface area contributed by atoms with Gasteiger partial charge in [-0.1, -0.05) is 17.7 Å². The summed E-state index contributed by atoms with van der Waals surface area (Å²) in [5, 5.41) is 0.291. The van der Waals surface area contributed by atoms with Crippen molar-refractivity contribution in [3.8, 4) is 0 Å². The molecular weight excluding hydrogens is 453 g/mol. The summed E-state index contributed by atoms with van der Waals surface area (Å²) in [7, 11) is -3.84. The van der Waals surface area contributed by atoms with Crippen LogP contribution in [-0.4, -0.2) is 45.4 Å². The van der Waals surface area contributed by atoms with E-state index in [2.05, 4.69) is 9.62 Å². The van der Waals surface area contributed by atoms with Gasteiger partial charge in [0.25, 0.3) is 0 Å². The summed E-state index contributed by atoms with van der Waals surface area (Å²) in [6.07, 6.45) is 3.45. The third kappa shape index (κ3) is 4.69. The number of amides is 1. The third-order valence-electron chi connectivity index (χ3n) is 6.24. The van der Waals surface area contributed by atoms with Crippen LogP contribution < -0.4 is 9.62 Å². The molecule has 1 saturated heterocycles. The second kappa shape index (κ2) is 9.47. The summed E-state index contributed by atoms with van der Waals surface area (Å²) in [6, 6.07) is 8.87. The summed E-state index contributed by atoms with van der Waals surface area (Å²) < 4.78 is 43.6. The number of nitrogens with zero attached hydrogens (tertiary/aromatic N) is 2. The lowest BCUT2D eigenvalue weighted by Gasteiger charge is -2.30. The van der Waals surface area contributed by atoms with Gasteiger partial charge in [-0.15, -0.1) is 0 Å². The number of carbonyl (C=O) groups is 1. The van der Waals surface area contributed by atoms with E-state index < -0.39 is 21.9 Å². The molecule has 2 aromatic rings. The predicted molar refractivity (Wildman–Crippen MR) is 123 cm³/mol. The van der Waals surface area contributed by atoms with E-state index >= 15 is 0 Å². The summed E-state index contributed by atoms with van der Waals surface area (Å²) in [4.78, 5) is 15.8. The number of sulfonamides is 1. The van der Waals surface area contributed by atoms with Crippen molar-refractivity contribution in [1.29, 1.82) is 0 Å². The van der Waals surface area contributed by atoms with Gasteiger partial charge in [0, 0.05) is 36.3 Å². The van der Waals surface area contributed by atoms with Gasteiger partial charge in [0.1, 0.15) is 5.82 Å². The number of aryl methyl sites for hydroxylation is 1. The minimum absolute atomic E-state index is 0.0135. The Bertz CT molecular complexity index is 1100. The van der Waals surface area contributed by atoms with Crippen molar-refractivity contribution in [2.45, 2.75) is 43.5 Å². The number of carbonyl (C=O) groups excluding carboxylic acids is 1. The molecule has 1 fully saturated rings. The van der Waals surface area contributed by atoms with E-state index in [4.69, 9.17) is 11.6 Å². The Morgan fingerprint density at radius 3 is 2.59 bits per heavy atom. The molecule has 0 bridgehead atoms. The molecule has 0 aliphatic carbocycles. The van der Waals surface area contributed by atoms with Gasteiger partial charge in [0.15, 0.2) is 0 Å². The van der Waals surface area contributed by atoms with Crippen molar-refractivity contribution >= 4 is 33.2 Å². The molecule has 0 spiro atoms. The van der Waals surface area contributed by atoms with E-state index in [1.165, 1.54) is 19.1 Å². The fourth-order valence-electron chi connectivity index (χ4n) is 4.64. The van der Waals surface area contributed by atoms with Crippen LogP contribution in [0.15, 0.2) is 41.3 Å². The highest BCUT2D eigenvalue weighted by molar-refractivity contribution is 7.89. The van der Waals surface area contributed by atoms with Gasteiger partial charge in [-0.05, 0) is 74.7 Å². The molecule has 2 aliphatic rings. The quantitative estimate of drug-likeness (QED) is 0.682. The monoisotopic (exact) mass is 479 g/mol. The number of nitrogens with one attached hydrogen (secondary N) is 1. The van der Waals surface area contributed by atoms with Crippen LogP contribution in [0.1, 0.15) is 43.4 Å². The Balaban J connectivity index is 1.59. The van der Waals surface area contributed by atoms with E-state index in [-0.39, 0.29) is 17.3 Å². The molecule has 0 saturated carbocycles. The Kier molecular flexibility index (Phi) is 6.86. The largest absolute Gasteiger partial charge is 0.312 e. The average molecular weight is 480 g/mol. The van der Waals surface area contributed by atoms with Crippen molar-refractivity contribution < 1.29 is 17.6 Å². The molecule has 9 heteroatoms. The van der Waals surface area contributed by atoms with Crippen LogP contribution in [-0.2, 0) is 21.2 Å². The first-order chi connectivity index (χ1) is 15.3. The number of likely N-dealkylation sites (tertiary alicyclic amines) is 1. The average Bonchev–Trinajstić information content (AvgIpc) is 3.29. The second-order valence-corrected chi connectivity index (χ2v) is 10.5. The van der Waals surface area contributed by atoms with Crippen molar-refractivity contribution in [2.24, 2.45) is 0 Å². The van der Waals surface area contributed by atoms with Crippen LogP contribution >= 0.6 is 11.6 Å². The summed E-state index contributed by atoms with van der Waals surface area (Å²) >= 11 is 6.31. The minimum Gasteiger partial charge on any atom is -0.312 e. The molecular formula is C23H27ClFN3O3S. The van der Waals surface area contributed by atoms with E-state index in [1.54, 1.807) is 29.2 Å². The van der Waals surface area contributed by atoms with E-state index in [9.17, 15) is 17.6 Å². The van der Waals surface area contributed by atoms with Crippen molar-refractivity contribution in [3.05, 3.63) is 58.4 Å². The van der Waals surface area contributed by atoms with Crippen LogP contribution in [0.2, 0.25) is 5.02 Å². The number of anilines is 1. The zero-order chi connectivity index (χ0) is 22.9. The zero-order valence-electron chi connectivity index (χ0n) is 18.0. The molecule has 172 valence electrons. The van der Waals surface area contributed by atoms with Crippen LogP contribution in [0.25, 0.3) is 0 Å². The Morgan fingerprint density at radius 2 is 1.91 bits per heavy atom. The smallest absolute Gasteiger partial charge is 0.240 e. The van der Waals surface area contributed by atoms with Gasteiger partial charge in [0.05, 0.1) is 10.9 Å². The molecule has 1 unspecified atom stereocenters. The number of benzene rings is 2. The Morgan fingerprint density at radius 1 is 1.16 bits per heavy atom. The third-order valence-corrected chi connectivity index (χ3v) is 7.99. The molecule has 4 rings (SSSR count). The van der Waals surface area contributed by atoms with Gasteiger partial charge < -0.3 is 4.90 Å². The van der Waals surface area contributed by atoms with E-state index in [0.717, 1.165) is 43.6 Å². The van der Waals surface area contributed by atoms with Crippen molar-refractivity contribution in [2.75, 3.05) is 31.1 Å². The topological polar surface area (TPSA) is 69.7 Å². The molecule has 1 atom stereocenters. The van der Waals surface area contributed by atoms with Gasteiger partial charge in [-0.3, -0.25) is 9.69 Å². The minimum atomic E-state index is -3.84. The molecule has 2 aromatic carbocycles. The summed E-state index contributed by atoms with van der Waals surface area (Å²) in [5.74, 6) is -0.499. The highest BCUT2D eigenvalue weighted by Crippen LogP contribution is 2.33. The predicted octanol–water partition coefficient (Wildman–Crippen LogP) is 3.89. The lowest BCUT2D eigenvalue weighted by molar-refractivity contribution is -0.116. The molecule has 1 amide bonds. The normalized spacial score (nSPS) is 17.9. The van der Waals surface area contributed by atoms with Crippen LogP contribution in [0.3, 0.4) is 0 Å². The Labute approximate surface area is 193 Å². The van der Waals surface area contributed by atoms with E-state index in [1.807, 2.05) is 0 Å². The fraction of sp³-hybridized carbons (Fsp3) is 0.435. The first-order valence-corrected chi connectivity index (χ1v) is 12.7. The number of hydrogen-bond donors (Lipinski definition) is 1. The number of rotatable bonds is 6. The maximum atomic E-state index is 14.7. The summed E-state index contributed by atoms with van der Waals surface area (Å²) in [6.45, 7) is 3.68. The van der Waals surface area contributed by atoms with Crippen LogP contribution in [0.4, 0.5) is 10.1 Å². The standard InChI is InChI=1S/C23H27ClFN3O3S/c1-16(29)28-13-5-6-17-14-18(9-10-21(17)28)32(30,31)26-15-22(27-11-2-3-12-27)23-19(24)7-4-8-20(23)25/h4,7-10,14,22,26H,2-3,5-6,11-13,15H2,1H3. The van der Waals surface area contributed by atoms with Gasteiger partial charge in [-0.25, -0.2) is 17.5 Å². The maximum absolute atomic E-state index is 14.7.